The molecule has 8 heteroatoms. The van der Waals surface area contributed by atoms with Crippen molar-refractivity contribution in [3.8, 4) is 0 Å². The van der Waals surface area contributed by atoms with Crippen molar-refractivity contribution in [3.05, 3.63) is 123 Å². The summed E-state index contributed by atoms with van der Waals surface area (Å²) in [6.07, 6.45) is 0.793. The molecule has 0 spiro atoms. The molecule has 0 aliphatic rings. The van der Waals surface area contributed by atoms with E-state index in [0.29, 0.717) is 24.5 Å². The van der Waals surface area contributed by atoms with Crippen LogP contribution in [0, 0.1) is 12.7 Å². The maximum Gasteiger partial charge on any atom is 0.253 e. The van der Waals surface area contributed by atoms with Gasteiger partial charge in [-0.05, 0) is 84.5 Å². The van der Waals surface area contributed by atoms with E-state index in [4.69, 9.17) is 0 Å². The van der Waals surface area contributed by atoms with Gasteiger partial charge in [0.05, 0.1) is 5.54 Å². The summed E-state index contributed by atoms with van der Waals surface area (Å²) in [4.78, 5) is 19.0. The van der Waals surface area contributed by atoms with Crippen LogP contribution in [-0.4, -0.2) is 30.1 Å². The van der Waals surface area contributed by atoms with Gasteiger partial charge in [0.1, 0.15) is 11.9 Å². The Balaban J connectivity index is 1.74. The summed E-state index contributed by atoms with van der Waals surface area (Å²) in [6, 6.07) is 23.9. The molecule has 3 aromatic carbocycles. The van der Waals surface area contributed by atoms with Gasteiger partial charge in [0.15, 0.2) is 5.82 Å². The molecular weight excluding hydrogens is 491 g/mol. The van der Waals surface area contributed by atoms with Gasteiger partial charge in [-0.3, -0.25) is 9.69 Å². The standard InChI is InChI=1S/C31H33FN6O/c1-5-31(3,4)38-29(34-35-36-38)28(26-18-24-17-21(2)11-16-27(24)33-30(26)39)37(19-22-9-7-6-8-10-22)20-23-12-14-25(32)15-13-23/h6-18,28H,5,19-20H2,1-4H3,(H,33,39). The fourth-order valence-electron chi connectivity index (χ4n) is 4.87. The molecule has 200 valence electrons. The SMILES string of the molecule is CCC(C)(C)n1nnnc1C(c1cc2cc(C)ccc2[nH]c1=O)N(Cc1ccccc1)Cc1ccc(F)cc1. The van der Waals surface area contributed by atoms with Crippen LogP contribution in [0.4, 0.5) is 4.39 Å². The lowest BCUT2D eigenvalue weighted by molar-refractivity contribution is 0.180. The van der Waals surface area contributed by atoms with Crippen molar-refractivity contribution in [2.45, 2.75) is 58.8 Å². The number of pyridine rings is 1. The number of aromatic amines is 1. The van der Waals surface area contributed by atoms with E-state index in [-0.39, 0.29) is 16.9 Å². The Kier molecular flexibility index (Phi) is 7.39. The summed E-state index contributed by atoms with van der Waals surface area (Å²) in [6.45, 7) is 9.26. The predicted octanol–water partition coefficient (Wildman–Crippen LogP) is 5.90. The van der Waals surface area contributed by atoms with Crippen molar-refractivity contribution in [1.29, 1.82) is 0 Å². The van der Waals surface area contributed by atoms with Gasteiger partial charge in [0.2, 0.25) is 0 Å². The Labute approximate surface area is 227 Å². The van der Waals surface area contributed by atoms with Crippen LogP contribution in [0.1, 0.15) is 61.3 Å². The lowest BCUT2D eigenvalue weighted by atomic mass is 9.98. The molecule has 0 saturated carbocycles. The van der Waals surface area contributed by atoms with Crippen LogP contribution in [0.25, 0.3) is 10.9 Å². The highest BCUT2D eigenvalue weighted by atomic mass is 19.1. The van der Waals surface area contributed by atoms with Gasteiger partial charge in [-0.1, -0.05) is 61.0 Å². The number of benzene rings is 3. The number of halogens is 1. The number of nitrogens with one attached hydrogen (secondary N) is 1. The molecule has 0 radical (unpaired) electrons. The quantitative estimate of drug-likeness (QED) is 0.260. The number of hydrogen-bond donors (Lipinski definition) is 1. The van der Waals surface area contributed by atoms with E-state index in [1.165, 1.54) is 12.1 Å². The molecule has 0 amide bonds. The molecule has 2 aromatic heterocycles. The number of hydrogen-bond acceptors (Lipinski definition) is 5. The van der Waals surface area contributed by atoms with Gasteiger partial charge in [-0.25, -0.2) is 9.07 Å². The summed E-state index contributed by atoms with van der Waals surface area (Å²) in [5.41, 5.74) is 3.83. The molecule has 7 nitrogen and oxygen atoms in total. The molecule has 1 N–H and O–H groups in total. The minimum atomic E-state index is -0.579. The van der Waals surface area contributed by atoms with Crippen LogP contribution in [0.15, 0.2) is 83.7 Å². The number of aryl methyl sites for hydroxylation is 1. The topological polar surface area (TPSA) is 79.7 Å². The van der Waals surface area contributed by atoms with Crippen molar-refractivity contribution in [2.24, 2.45) is 0 Å². The highest BCUT2D eigenvalue weighted by Crippen LogP contribution is 2.33. The first-order chi connectivity index (χ1) is 18.7. The normalized spacial score (nSPS) is 12.8. The highest BCUT2D eigenvalue weighted by Gasteiger charge is 2.34. The van der Waals surface area contributed by atoms with Crippen LogP contribution >= 0.6 is 0 Å². The zero-order valence-corrected chi connectivity index (χ0v) is 22.7. The van der Waals surface area contributed by atoms with Crippen LogP contribution in [0.3, 0.4) is 0 Å². The van der Waals surface area contributed by atoms with E-state index in [0.717, 1.165) is 34.0 Å². The largest absolute Gasteiger partial charge is 0.322 e. The minimum absolute atomic E-state index is 0.197. The summed E-state index contributed by atoms with van der Waals surface area (Å²) in [5.74, 6) is 0.289. The van der Waals surface area contributed by atoms with Gasteiger partial charge in [-0.2, -0.15) is 0 Å². The second-order valence-corrected chi connectivity index (χ2v) is 10.7. The molecule has 1 unspecified atom stereocenters. The average Bonchev–Trinajstić information content (AvgIpc) is 3.42. The molecule has 5 rings (SSSR count). The molecule has 0 fully saturated rings. The van der Waals surface area contributed by atoms with Gasteiger partial charge in [-0.15, -0.1) is 5.10 Å². The lowest BCUT2D eigenvalue weighted by Crippen LogP contribution is -2.38. The predicted molar refractivity (Wildman–Crippen MR) is 151 cm³/mol. The molecule has 0 bridgehead atoms. The molecule has 0 saturated heterocycles. The number of nitrogens with zero attached hydrogens (tertiary/aromatic N) is 5. The van der Waals surface area contributed by atoms with Crippen molar-refractivity contribution in [1.82, 2.24) is 30.1 Å². The zero-order valence-electron chi connectivity index (χ0n) is 22.7. The van der Waals surface area contributed by atoms with Crippen LogP contribution in [0.2, 0.25) is 0 Å². The fraction of sp³-hybridized carbons (Fsp3) is 0.290. The molecule has 39 heavy (non-hydrogen) atoms. The van der Waals surface area contributed by atoms with Gasteiger partial charge in [0, 0.05) is 24.2 Å². The smallest absolute Gasteiger partial charge is 0.253 e. The van der Waals surface area contributed by atoms with E-state index in [2.05, 4.69) is 64.4 Å². The molecular formula is C31H33FN6O. The summed E-state index contributed by atoms with van der Waals surface area (Å²) in [7, 11) is 0. The third kappa shape index (κ3) is 5.66. The first-order valence-electron chi connectivity index (χ1n) is 13.2. The van der Waals surface area contributed by atoms with Gasteiger partial charge < -0.3 is 4.98 Å². The number of tetrazole rings is 1. The van der Waals surface area contributed by atoms with Crippen LogP contribution in [-0.2, 0) is 18.6 Å². The van der Waals surface area contributed by atoms with E-state index < -0.39 is 6.04 Å². The van der Waals surface area contributed by atoms with E-state index in [9.17, 15) is 9.18 Å². The summed E-state index contributed by atoms with van der Waals surface area (Å²) < 4.78 is 15.6. The Morgan fingerprint density at radius 1 is 0.974 bits per heavy atom. The first kappa shape index (κ1) is 26.4. The number of fused-ring (bicyclic) bond motifs is 1. The lowest BCUT2D eigenvalue weighted by Gasteiger charge is -2.33. The Hall–Kier alpha value is -4.17. The van der Waals surface area contributed by atoms with Crippen LogP contribution in [0.5, 0.6) is 0 Å². The molecule has 0 aliphatic carbocycles. The second kappa shape index (κ2) is 10.9. The average molecular weight is 525 g/mol. The molecule has 5 aromatic rings. The number of rotatable bonds is 9. The number of aromatic nitrogens is 5. The maximum atomic E-state index is 13.8. The Bertz CT molecular complexity index is 1630. The second-order valence-electron chi connectivity index (χ2n) is 10.7. The third-order valence-electron chi connectivity index (χ3n) is 7.39. The Morgan fingerprint density at radius 3 is 2.36 bits per heavy atom. The monoisotopic (exact) mass is 524 g/mol. The minimum Gasteiger partial charge on any atom is -0.322 e. The summed E-state index contributed by atoms with van der Waals surface area (Å²) in [5, 5.41) is 13.9. The maximum absolute atomic E-state index is 13.8. The van der Waals surface area contributed by atoms with Gasteiger partial charge in [0.25, 0.3) is 5.56 Å². The van der Waals surface area contributed by atoms with Crippen LogP contribution < -0.4 is 5.56 Å². The van der Waals surface area contributed by atoms with Gasteiger partial charge >= 0.3 is 0 Å². The first-order valence-corrected chi connectivity index (χ1v) is 13.2. The van der Waals surface area contributed by atoms with Crippen molar-refractivity contribution in [2.75, 3.05) is 0 Å². The van der Waals surface area contributed by atoms with Crippen molar-refractivity contribution < 1.29 is 4.39 Å². The molecule has 2 heterocycles. The number of H-pyrrole nitrogens is 1. The highest BCUT2D eigenvalue weighted by molar-refractivity contribution is 5.79. The van der Waals surface area contributed by atoms with E-state index in [1.54, 1.807) is 12.1 Å². The van der Waals surface area contributed by atoms with E-state index >= 15 is 0 Å². The Morgan fingerprint density at radius 2 is 1.67 bits per heavy atom. The van der Waals surface area contributed by atoms with Crippen molar-refractivity contribution in [3.63, 3.8) is 0 Å². The summed E-state index contributed by atoms with van der Waals surface area (Å²) >= 11 is 0. The third-order valence-corrected chi connectivity index (χ3v) is 7.39. The molecule has 0 aliphatic heterocycles. The van der Waals surface area contributed by atoms with Crippen molar-refractivity contribution >= 4 is 10.9 Å². The fourth-order valence-corrected chi connectivity index (χ4v) is 4.87. The zero-order chi connectivity index (χ0) is 27.6. The van der Waals surface area contributed by atoms with E-state index in [1.807, 2.05) is 48.0 Å². The molecule has 1 atom stereocenters.